The SMILES string of the molecule is C=C(CCCCCO)[Si](C)(C)C. The van der Waals surface area contributed by atoms with Crippen molar-refractivity contribution >= 4 is 8.07 Å². The topological polar surface area (TPSA) is 20.2 Å². The van der Waals surface area contributed by atoms with Gasteiger partial charge in [0, 0.05) is 6.61 Å². The van der Waals surface area contributed by atoms with Crippen molar-refractivity contribution in [3.63, 3.8) is 0 Å². The Morgan fingerprint density at radius 2 is 1.75 bits per heavy atom. The van der Waals surface area contributed by atoms with Crippen LogP contribution in [0.15, 0.2) is 11.8 Å². The van der Waals surface area contributed by atoms with Gasteiger partial charge in [-0.25, -0.2) is 0 Å². The van der Waals surface area contributed by atoms with Gasteiger partial charge < -0.3 is 5.11 Å². The highest BCUT2D eigenvalue weighted by molar-refractivity contribution is 6.82. The zero-order chi connectivity index (χ0) is 9.61. The van der Waals surface area contributed by atoms with E-state index in [4.69, 9.17) is 5.11 Å². The predicted molar refractivity (Wildman–Crippen MR) is 58.0 cm³/mol. The van der Waals surface area contributed by atoms with Crippen LogP contribution in [-0.4, -0.2) is 19.8 Å². The first-order valence-electron chi connectivity index (χ1n) is 4.77. The molecule has 0 aromatic carbocycles. The highest BCUT2D eigenvalue weighted by Gasteiger charge is 2.16. The molecule has 72 valence electrons. The molecule has 1 N–H and O–H groups in total. The maximum Gasteiger partial charge on any atom is 0.0716 e. The Labute approximate surface area is 77.5 Å². The first kappa shape index (κ1) is 11.9. The van der Waals surface area contributed by atoms with E-state index in [1.807, 2.05) is 0 Å². The van der Waals surface area contributed by atoms with Crippen LogP contribution in [0.3, 0.4) is 0 Å². The molecule has 0 fully saturated rings. The molecule has 12 heavy (non-hydrogen) atoms. The smallest absolute Gasteiger partial charge is 0.0716 e. The highest BCUT2D eigenvalue weighted by atomic mass is 28.3. The standard InChI is InChI=1S/C10H22OSi/c1-10(12(2,3)4)8-6-5-7-9-11/h11H,1,5-9H2,2-4H3. The van der Waals surface area contributed by atoms with E-state index in [-0.39, 0.29) is 0 Å². The largest absolute Gasteiger partial charge is 0.396 e. The second-order valence-electron chi connectivity index (χ2n) is 4.39. The van der Waals surface area contributed by atoms with Gasteiger partial charge in [0.15, 0.2) is 0 Å². The molecule has 0 radical (unpaired) electrons. The van der Waals surface area contributed by atoms with Crippen LogP contribution in [0.5, 0.6) is 0 Å². The van der Waals surface area contributed by atoms with Gasteiger partial charge in [0.05, 0.1) is 8.07 Å². The van der Waals surface area contributed by atoms with E-state index >= 15 is 0 Å². The molecule has 0 aromatic heterocycles. The molecule has 0 unspecified atom stereocenters. The minimum absolute atomic E-state index is 0.333. The van der Waals surface area contributed by atoms with Gasteiger partial charge in [-0.05, 0) is 19.3 Å². The van der Waals surface area contributed by atoms with Crippen LogP contribution in [0, 0.1) is 0 Å². The molecule has 0 aromatic rings. The highest BCUT2D eigenvalue weighted by Crippen LogP contribution is 2.18. The summed E-state index contributed by atoms with van der Waals surface area (Å²) in [6.07, 6.45) is 4.44. The van der Waals surface area contributed by atoms with E-state index in [0.717, 1.165) is 19.3 Å². The molecule has 0 aliphatic carbocycles. The van der Waals surface area contributed by atoms with Crippen molar-refractivity contribution in [3.8, 4) is 0 Å². The van der Waals surface area contributed by atoms with Crippen LogP contribution >= 0.6 is 0 Å². The maximum absolute atomic E-state index is 8.58. The van der Waals surface area contributed by atoms with Crippen molar-refractivity contribution < 1.29 is 5.11 Å². The van der Waals surface area contributed by atoms with E-state index < -0.39 is 8.07 Å². The molecular weight excluding hydrogens is 164 g/mol. The van der Waals surface area contributed by atoms with E-state index in [1.54, 1.807) is 0 Å². The Balaban J connectivity index is 3.45. The summed E-state index contributed by atoms with van der Waals surface area (Å²) < 4.78 is 0. The molecule has 0 aliphatic rings. The first-order chi connectivity index (χ1) is 5.48. The normalized spacial score (nSPS) is 11.7. The Hall–Kier alpha value is -0.0831. The quantitative estimate of drug-likeness (QED) is 0.499. The monoisotopic (exact) mass is 186 g/mol. The summed E-state index contributed by atoms with van der Waals surface area (Å²) in [4.78, 5) is 0. The van der Waals surface area contributed by atoms with Crippen LogP contribution < -0.4 is 0 Å². The zero-order valence-corrected chi connectivity index (χ0v) is 9.69. The average Bonchev–Trinajstić information content (AvgIpc) is 1.96. The molecule has 0 rings (SSSR count). The van der Waals surface area contributed by atoms with Gasteiger partial charge in [-0.15, -0.1) is 6.58 Å². The molecule has 0 saturated heterocycles. The van der Waals surface area contributed by atoms with E-state index in [0.29, 0.717) is 6.61 Å². The Morgan fingerprint density at radius 1 is 1.17 bits per heavy atom. The summed E-state index contributed by atoms with van der Waals surface area (Å²) in [6.45, 7) is 11.5. The van der Waals surface area contributed by atoms with Gasteiger partial charge in [-0.3, -0.25) is 0 Å². The number of hydrogen-bond acceptors (Lipinski definition) is 1. The van der Waals surface area contributed by atoms with Gasteiger partial charge in [0.2, 0.25) is 0 Å². The summed E-state index contributed by atoms with van der Waals surface area (Å²) in [7, 11) is -1.08. The fourth-order valence-electron chi connectivity index (χ4n) is 1.00. The van der Waals surface area contributed by atoms with Crippen LogP contribution in [-0.2, 0) is 0 Å². The summed E-state index contributed by atoms with van der Waals surface area (Å²) in [5, 5.41) is 10.0. The van der Waals surface area contributed by atoms with Crippen molar-refractivity contribution in [1.29, 1.82) is 0 Å². The van der Waals surface area contributed by atoms with Gasteiger partial charge in [0.1, 0.15) is 0 Å². The Kier molecular flexibility index (Phi) is 5.50. The minimum atomic E-state index is -1.08. The summed E-state index contributed by atoms with van der Waals surface area (Å²) in [6, 6.07) is 0. The molecule has 0 atom stereocenters. The van der Waals surface area contributed by atoms with Crippen LogP contribution in [0.25, 0.3) is 0 Å². The van der Waals surface area contributed by atoms with Gasteiger partial charge in [0.25, 0.3) is 0 Å². The molecular formula is C10H22OSi. The van der Waals surface area contributed by atoms with Crippen LogP contribution in [0.1, 0.15) is 25.7 Å². The molecule has 0 saturated carbocycles. The number of aliphatic hydroxyl groups excluding tert-OH is 1. The maximum atomic E-state index is 8.58. The number of allylic oxidation sites excluding steroid dienone is 1. The summed E-state index contributed by atoms with van der Waals surface area (Å²) in [5.41, 5.74) is 0. The predicted octanol–water partition coefficient (Wildman–Crippen LogP) is 2.97. The van der Waals surface area contributed by atoms with Gasteiger partial charge in [-0.2, -0.15) is 0 Å². The molecule has 2 heteroatoms. The van der Waals surface area contributed by atoms with E-state index in [9.17, 15) is 0 Å². The summed E-state index contributed by atoms with van der Waals surface area (Å²) in [5.74, 6) is 0. The molecule has 0 spiro atoms. The van der Waals surface area contributed by atoms with E-state index in [1.165, 1.54) is 11.6 Å². The van der Waals surface area contributed by atoms with Crippen molar-refractivity contribution in [1.82, 2.24) is 0 Å². The molecule has 1 nitrogen and oxygen atoms in total. The lowest BCUT2D eigenvalue weighted by molar-refractivity contribution is 0.283. The van der Waals surface area contributed by atoms with Crippen LogP contribution in [0.4, 0.5) is 0 Å². The lowest BCUT2D eigenvalue weighted by atomic mass is 10.2. The van der Waals surface area contributed by atoms with Gasteiger partial charge >= 0.3 is 0 Å². The van der Waals surface area contributed by atoms with Crippen molar-refractivity contribution in [3.05, 3.63) is 11.8 Å². The third-order valence-corrected chi connectivity index (χ3v) is 4.57. The van der Waals surface area contributed by atoms with Crippen LogP contribution in [0.2, 0.25) is 19.6 Å². The molecule has 0 amide bonds. The third-order valence-electron chi connectivity index (χ3n) is 2.20. The molecule has 0 bridgehead atoms. The van der Waals surface area contributed by atoms with E-state index in [2.05, 4.69) is 26.2 Å². The third kappa shape index (κ3) is 5.55. The Bertz CT molecular complexity index is 135. The van der Waals surface area contributed by atoms with Gasteiger partial charge in [-0.1, -0.05) is 31.3 Å². The summed E-state index contributed by atoms with van der Waals surface area (Å²) >= 11 is 0. The average molecular weight is 186 g/mol. The van der Waals surface area contributed by atoms with Crippen molar-refractivity contribution in [2.24, 2.45) is 0 Å². The lowest BCUT2D eigenvalue weighted by Gasteiger charge is -2.19. The fourth-order valence-corrected chi connectivity index (χ4v) is 1.93. The first-order valence-corrected chi connectivity index (χ1v) is 8.27. The minimum Gasteiger partial charge on any atom is -0.396 e. The number of rotatable bonds is 6. The second-order valence-corrected chi connectivity index (χ2v) is 9.59. The zero-order valence-electron chi connectivity index (χ0n) is 8.69. The van der Waals surface area contributed by atoms with Crippen molar-refractivity contribution in [2.75, 3.05) is 6.61 Å². The van der Waals surface area contributed by atoms with Crippen molar-refractivity contribution in [2.45, 2.75) is 45.3 Å². The lowest BCUT2D eigenvalue weighted by Crippen LogP contribution is -2.23. The molecule has 0 heterocycles. The fraction of sp³-hybridized carbons (Fsp3) is 0.800. The second kappa shape index (κ2) is 5.54. The number of hydrogen-bond donors (Lipinski definition) is 1. The number of unbranched alkanes of at least 4 members (excludes halogenated alkanes) is 2. The number of aliphatic hydroxyl groups is 1. The Morgan fingerprint density at radius 3 is 2.17 bits per heavy atom. The molecule has 0 aliphatic heterocycles.